The quantitative estimate of drug-likeness (QED) is 0.474. The van der Waals surface area contributed by atoms with Crippen LogP contribution < -0.4 is 10.6 Å². The summed E-state index contributed by atoms with van der Waals surface area (Å²) in [7, 11) is 0. The number of anilines is 2. The van der Waals surface area contributed by atoms with E-state index in [9.17, 15) is 4.79 Å². The topological polar surface area (TPSA) is 146 Å². The van der Waals surface area contributed by atoms with Gasteiger partial charge in [-0.3, -0.25) is 9.69 Å². The van der Waals surface area contributed by atoms with Gasteiger partial charge in [0, 0.05) is 30.3 Å². The first kappa shape index (κ1) is 22.8. The Labute approximate surface area is 195 Å². The lowest BCUT2D eigenvalue weighted by Crippen LogP contribution is -2.35. The van der Waals surface area contributed by atoms with Crippen LogP contribution in [0.2, 0.25) is 0 Å². The van der Waals surface area contributed by atoms with Gasteiger partial charge in [0.05, 0.1) is 24.9 Å². The van der Waals surface area contributed by atoms with Crippen molar-refractivity contribution in [2.75, 3.05) is 25.0 Å². The Bertz CT molecular complexity index is 1150. The van der Waals surface area contributed by atoms with E-state index in [1.165, 1.54) is 11.3 Å². The molecule has 1 amide bonds. The minimum Gasteiger partial charge on any atom is -0.343 e. The summed E-state index contributed by atoms with van der Waals surface area (Å²) in [6, 6.07) is 4.15. The van der Waals surface area contributed by atoms with E-state index in [4.69, 9.17) is 9.78 Å². The Hall–Kier alpha value is -3.43. The second-order valence-electron chi connectivity index (χ2n) is 7.76. The Kier molecular flexibility index (Phi) is 7.21. The highest BCUT2D eigenvalue weighted by Gasteiger charge is 2.23. The standard InChI is InChI=1S/C21H25N9O2S/c1-3-19-27-18(29-32-19)10-23-20(31)16-12-33-21(26-16)28-17-9-15(24-13(2)25-17)14-5-4-7-30(11-14)8-6-22/h9,12,14H,3-5,7-8,10-11H2,1-2H3,(H,23,31)(H,24,25,26,28)/t14-/m0/s1. The molecule has 1 aliphatic heterocycles. The van der Waals surface area contributed by atoms with Crippen LogP contribution in [-0.2, 0) is 13.0 Å². The third-order valence-corrected chi connectivity index (χ3v) is 6.03. The predicted octanol–water partition coefficient (Wildman–Crippen LogP) is 2.56. The molecule has 1 atom stereocenters. The summed E-state index contributed by atoms with van der Waals surface area (Å²) in [4.78, 5) is 32.2. The lowest BCUT2D eigenvalue weighted by Gasteiger charge is -2.30. The van der Waals surface area contributed by atoms with Gasteiger partial charge in [-0.05, 0) is 26.3 Å². The van der Waals surface area contributed by atoms with E-state index < -0.39 is 0 Å². The molecule has 172 valence electrons. The molecule has 3 aromatic rings. The molecule has 4 rings (SSSR count). The van der Waals surface area contributed by atoms with E-state index in [0.29, 0.717) is 47.1 Å². The van der Waals surface area contributed by atoms with Gasteiger partial charge in [0.2, 0.25) is 5.89 Å². The summed E-state index contributed by atoms with van der Waals surface area (Å²) in [6.45, 7) is 6.12. The number of nitriles is 1. The lowest BCUT2D eigenvalue weighted by atomic mass is 9.94. The van der Waals surface area contributed by atoms with Gasteiger partial charge in [-0.2, -0.15) is 10.2 Å². The van der Waals surface area contributed by atoms with Gasteiger partial charge in [0.25, 0.3) is 5.91 Å². The number of likely N-dealkylation sites (tertiary alicyclic amines) is 1. The number of thiazole rings is 1. The third-order valence-electron chi connectivity index (χ3n) is 5.27. The fraction of sp³-hybridized carbons (Fsp3) is 0.476. The van der Waals surface area contributed by atoms with Gasteiger partial charge in [0.1, 0.15) is 17.3 Å². The molecular formula is C21H25N9O2S. The second-order valence-corrected chi connectivity index (χ2v) is 8.62. The van der Waals surface area contributed by atoms with Crippen LogP contribution in [-0.4, -0.2) is 55.5 Å². The highest BCUT2D eigenvalue weighted by atomic mass is 32.1. The van der Waals surface area contributed by atoms with Gasteiger partial charge in [-0.25, -0.2) is 15.0 Å². The summed E-state index contributed by atoms with van der Waals surface area (Å²) < 4.78 is 5.04. The highest BCUT2D eigenvalue weighted by molar-refractivity contribution is 7.14. The van der Waals surface area contributed by atoms with E-state index in [1.54, 1.807) is 5.38 Å². The number of piperidine rings is 1. The molecule has 1 fully saturated rings. The fourth-order valence-corrected chi connectivity index (χ4v) is 4.40. The largest absolute Gasteiger partial charge is 0.343 e. The minimum atomic E-state index is -0.318. The molecule has 0 radical (unpaired) electrons. The van der Waals surface area contributed by atoms with E-state index in [2.05, 4.69) is 46.7 Å². The zero-order chi connectivity index (χ0) is 23.2. The molecule has 33 heavy (non-hydrogen) atoms. The maximum absolute atomic E-state index is 12.4. The van der Waals surface area contributed by atoms with Gasteiger partial charge in [0.15, 0.2) is 11.0 Å². The van der Waals surface area contributed by atoms with Crippen molar-refractivity contribution in [3.05, 3.63) is 40.4 Å². The van der Waals surface area contributed by atoms with E-state index in [-0.39, 0.29) is 18.4 Å². The number of amides is 1. The lowest BCUT2D eigenvalue weighted by molar-refractivity contribution is 0.0945. The van der Waals surface area contributed by atoms with Crippen LogP contribution in [0.1, 0.15) is 59.4 Å². The Morgan fingerprint density at radius 3 is 3.03 bits per heavy atom. The molecule has 1 saturated heterocycles. The van der Waals surface area contributed by atoms with Gasteiger partial charge >= 0.3 is 0 Å². The van der Waals surface area contributed by atoms with Crippen molar-refractivity contribution in [2.24, 2.45) is 0 Å². The maximum atomic E-state index is 12.4. The van der Waals surface area contributed by atoms with Crippen molar-refractivity contribution < 1.29 is 9.32 Å². The van der Waals surface area contributed by atoms with Crippen molar-refractivity contribution in [1.29, 1.82) is 5.26 Å². The van der Waals surface area contributed by atoms with Crippen molar-refractivity contribution in [2.45, 2.75) is 45.6 Å². The number of nitrogens with one attached hydrogen (secondary N) is 2. The van der Waals surface area contributed by atoms with Crippen LogP contribution in [0.5, 0.6) is 0 Å². The molecule has 4 heterocycles. The average Bonchev–Trinajstić information content (AvgIpc) is 3.47. The third kappa shape index (κ3) is 5.88. The first-order valence-electron chi connectivity index (χ1n) is 10.8. The average molecular weight is 468 g/mol. The summed E-state index contributed by atoms with van der Waals surface area (Å²) in [5.41, 5.74) is 1.25. The SMILES string of the molecule is CCc1nc(CNC(=O)c2csc(Nc3cc([C@H]4CCCN(CC#N)C4)nc(C)n3)n2)no1. The molecule has 0 bridgehead atoms. The number of nitrogens with zero attached hydrogens (tertiary/aromatic N) is 7. The van der Waals surface area contributed by atoms with Crippen LogP contribution in [0.3, 0.4) is 0 Å². The predicted molar refractivity (Wildman–Crippen MR) is 121 cm³/mol. The smallest absolute Gasteiger partial charge is 0.271 e. The van der Waals surface area contributed by atoms with Crippen LogP contribution in [0.15, 0.2) is 16.0 Å². The number of carbonyl (C=O) groups is 1. The van der Waals surface area contributed by atoms with Crippen molar-refractivity contribution in [3.63, 3.8) is 0 Å². The first-order valence-corrected chi connectivity index (χ1v) is 11.7. The van der Waals surface area contributed by atoms with E-state index >= 15 is 0 Å². The monoisotopic (exact) mass is 467 g/mol. The highest BCUT2D eigenvalue weighted by Crippen LogP contribution is 2.28. The van der Waals surface area contributed by atoms with Crippen molar-refractivity contribution in [3.8, 4) is 6.07 Å². The molecule has 1 aliphatic rings. The van der Waals surface area contributed by atoms with Gasteiger partial charge < -0.3 is 15.2 Å². The van der Waals surface area contributed by atoms with E-state index in [1.807, 2.05) is 19.9 Å². The Morgan fingerprint density at radius 2 is 2.24 bits per heavy atom. The Balaban J connectivity index is 1.39. The second kappa shape index (κ2) is 10.5. The molecule has 11 nitrogen and oxygen atoms in total. The maximum Gasteiger partial charge on any atom is 0.271 e. The summed E-state index contributed by atoms with van der Waals surface area (Å²) >= 11 is 1.32. The van der Waals surface area contributed by atoms with Gasteiger partial charge in [-0.1, -0.05) is 12.1 Å². The molecule has 3 aromatic heterocycles. The number of aromatic nitrogens is 5. The molecule has 0 aromatic carbocycles. The van der Waals surface area contributed by atoms with Crippen LogP contribution >= 0.6 is 11.3 Å². The number of hydrogen-bond donors (Lipinski definition) is 2. The molecule has 0 unspecified atom stereocenters. The minimum absolute atomic E-state index is 0.168. The number of carbonyl (C=O) groups excluding carboxylic acids is 1. The fourth-order valence-electron chi connectivity index (χ4n) is 3.70. The summed E-state index contributed by atoms with van der Waals surface area (Å²) in [5.74, 6) is 2.19. The van der Waals surface area contributed by atoms with Crippen LogP contribution in [0.4, 0.5) is 10.9 Å². The van der Waals surface area contributed by atoms with Crippen LogP contribution in [0.25, 0.3) is 0 Å². The molecule has 0 saturated carbocycles. The molecule has 0 aliphatic carbocycles. The number of aryl methyl sites for hydroxylation is 2. The molecular weight excluding hydrogens is 442 g/mol. The normalized spacial score (nSPS) is 16.3. The number of rotatable bonds is 8. The Morgan fingerprint density at radius 1 is 1.36 bits per heavy atom. The molecule has 0 spiro atoms. The van der Waals surface area contributed by atoms with Crippen LogP contribution in [0, 0.1) is 18.3 Å². The molecule has 2 N–H and O–H groups in total. The molecule has 12 heteroatoms. The zero-order valence-corrected chi connectivity index (χ0v) is 19.4. The van der Waals surface area contributed by atoms with Gasteiger partial charge in [-0.15, -0.1) is 11.3 Å². The number of hydrogen-bond acceptors (Lipinski definition) is 11. The first-order chi connectivity index (χ1) is 16.0. The zero-order valence-electron chi connectivity index (χ0n) is 18.5. The summed E-state index contributed by atoms with van der Waals surface area (Å²) in [6.07, 6.45) is 2.71. The van der Waals surface area contributed by atoms with Crippen molar-refractivity contribution >= 4 is 28.2 Å². The summed E-state index contributed by atoms with van der Waals surface area (Å²) in [5, 5.41) is 21.0. The van der Waals surface area contributed by atoms with E-state index in [0.717, 1.165) is 31.6 Å². The van der Waals surface area contributed by atoms with Crippen molar-refractivity contribution in [1.82, 2.24) is 35.3 Å².